The molecule has 4 nitrogen and oxygen atoms in total. The Labute approximate surface area is 139 Å². The summed E-state index contributed by atoms with van der Waals surface area (Å²) in [6.07, 6.45) is 3.62. The first-order valence-electron chi connectivity index (χ1n) is 7.14. The van der Waals surface area contributed by atoms with Crippen molar-refractivity contribution < 1.29 is 13.9 Å². The number of pyridine rings is 1. The van der Waals surface area contributed by atoms with Crippen molar-refractivity contribution in [3.05, 3.63) is 64.7 Å². The smallest absolute Gasteiger partial charge is 0.159 e. The minimum Gasteiger partial charge on any atom is -0.389 e. The van der Waals surface area contributed by atoms with Crippen molar-refractivity contribution in [1.29, 1.82) is 0 Å². The van der Waals surface area contributed by atoms with Crippen molar-refractivity contribution in [2.24, 2.45) is 0 Å². The van der Waals surface area contributed by atoms with Gasteiger partial charge in [0, 0.05) is 28.9 Å². The number of nitrogens with zero attached hydrogens (tertiary/aromatic N) is 3. The van der Waals surface area contributed by atoms with Crippen molar-refractivity contribution >= 4 is 17.0 Å². The predicted molar refractivity (Wildman–Crippen MR) is 87.6 cm³/mol. The maximum absolute atomic E-state index is 13.4. The first-order chi connectivity index (χ1) is 11.6. The van der Waals surface area contributed by atoms with Crippen LogP contribution < -0.4 is 0 Å². The SMILES string of the molecule is OCc1nc(-c2ccc3nc(-c4ccc(F)c(F)c4)cn3c2)cs1. The number of aliphatic hydroxyl groups is 1. The Morgan fingerprint density at radius 3 is 2.54 bits per heavy atom. The highest BCUT2D eigenvalue weighted by atomic mass is 32.1. The van der Waals surface area contributed by atoms with Gasteiger partial charge >= 0.3 is 0 Å². The topological polar surface area (TPSA) is 50.4 Å². The third kappa shape index (κ3) is 2.57. The van der Waals surface area contributed by atoms with Crippen LogP contribution in [-0.2, 0) is 6.61 Å². The highest BCUT2D eigenvalue weighted by Gasteiger charge is 2.10. The lowest BCUT2D eigenvalue weighted by Crippen LogP contribution is -1.86. The first kappa shape index (κ1) is 14.9. The van der Waals surface area contributed by atoms with Gasteiger partial charge in [-0.15, -0.1) is 11.3 Å². The fourth-order valence-electron chi connectivity index (χ4n) is 2.45. The molecule has 1 aromatic carbocycles. The number of hydrogen-bond acceptors (Lipinski definition) is 4. The summed E-state index contributed by atoms with van der Waals surface area (Å²) in [5.74, 6) is -1.78. The summed E-state index contributed by atoms with van der Waals surface area (Å²) in [5, 5.41) is 11.6. The van der Waals surface area contributed by atoms with Crippen LogP contribution in [0.25, 0.3) is 28.2 Å². The van der Waals surface area contributed by atoms with E-state index < -0.39 is 11.6 Å². The Morgan fingerprint density at radius 2 is 1.79 bits per heavy atom. The monoisotopic (exact) mass is 343 g/mol. The third-order valence-corrected chi connectivity index (χ3v) is 4.48. The van der Waals surface area contributed by atoms with Gasteiger partial charge in [-0.1, -0.05) is 0 Å². The Balaban J connectivity index is 1.76. The molecule has 0 aliphatic heterocycles. The minimum absolute atomic E-state index is 0.0851. The zero-order valence-corrected chi connectivity index (χ0v) is 13.1. The van der Waals surface area contributed by atoms with E-state index in [1.54, 1.807) is 6.20 Å². The van der Waals surface area contributed by atoms with Crippen molar-refractivity contribution in [2.75, 3.05) is 0 Å². The second kappa shape index (κ2) is 5.77. The van der Waals surface area contributed by atoms with Gasteiger partial charge in [0.25, 0.3) is 0 Å². The van der Waals surface area contributed by atoms with E-state index in [1.165, 1.54) is 17.4 Å². The lowest BCUT2D eigenvalue weighted by molar-refractivity contribution is 0.281. The van der Waals surface area contributed by atoms with Gasteiger partial charge < -0.3 is 9.51 Å². The summed E-state index contributed by atoms with van der Waals surface area (Å²) in [6.45, 7) is -0.0851. The molecule has 0 fully saturated rings. The van der Waals surface area contributed by atoms with Gasteiger partial charge in [-0.3, -0.25) is 0 Å². The number of benzene rings is 1. The van der Waals surface area contributed by atoms with Crippen molar-refractivity contribution in [1.82, 2.24) is 14.4 Å². The molecule has 0 radical (unpaired) electrons. The maximum Gasteiger partial charge on any atom is 0.159 e. The highest BCUT2D eigenvalue weighted by molar-refractivity contribution is 7.09. The summed E-state index contributed by atoms with van der Waals surface area (Å²) in [7, 11) is 0. The quantitative estimate of drug-likeness (QED) is 0.614. The van der Waals surface area contributed by atoms with E-state index in [0.717, 1.165) is 23.4 Å². The van der Waals surface area contributed by atoms with E-state index in [2.05, 4.69) is 9.97 Å². The molecule has 3 aromatic heterocycles. The van der Waals surface area contributed by atoms with E-state index in [-0.39, 0.29) is 6.61 Å². The standard InChI is InChI=1S/C17H11F2N3OS/c18-12-3-1-10(5-13(12)19)14-7-22-6-11(2-4-16(22)20-14)15-9-24-17(8-23)21-15/h1-7,9,23H,8H2. The summed E-state index contributed by atoms with van der Waals surface area (Å²) < 4.78 is 28.3. The molecule has 24 heavy (non-hydrogen) atoms. The molecule has 0 spiro atoms. The lowest BCUT2D eigenvalue weighted by Gasteiger charge is -1.98. The zero-order valence-electron chi connectivity index (χ0n) is 12.3. The minimum atomic E-state index is -0.899. The van der Waals surface area contributed by atoms with Crippen LogP contribution in [0.2, 0.25) is 0 Å². The summed E-state index contributed by atoms with van der Waals surface area (Å²) in [4.78, 5) is 8.76. The van der Waals surface area contributed by atoms with Gasteiger partial charge in [-0.2, -0.15) is 0 Å². The van der Waals surface area contributed by atoms with E-state index in [1.807, 2.05) is 28.1 Å². The summed E-state index contributed by atoms with van der Waals surface area (Å²) in [6, 6.07) is 7.43. The Hall–Kier alpha value is -2.64. The Bertz CT molecular complexity index is 1040. The van der Waals surface area contributed by atoms with Crippen LogP contribution in [0.1, 0.15) is 5.01 Å². The summed E-state index contributed by atoms with van der Waals surface area (Å²) in [5.41, 5.74) is 3.41. The average Bonchev–Trinajstić information content (AvgIpc) is 3.22. The second-order valence-electron chi connectivity index (χ2n) is 5.22. The molecule has 0 amide bonds. The number of thiazole rings is 1. The van der Waals surface area contributed by atoms with Gasteiger partial charge in [0.2, 0.25) is 0 Å². The molecule has 7 heteroatoms. The third-order valence-electron chi connectivity index (χ3n) is 3.65. The fraction of sp³-hybridized carbons (Fsp3) is 0.0588. The van der Waals surface area contributed by atoms with E-state index in [0.29, 0.717) is 21.9 Å². The Morgan fingerprint density at radius 1 is 0.958 bits per heavy atom. The lowest BCUT2D eigenvalue weighted by atomic mass is 10.1. The number of fused-ring (bicyclic) bond motifs is 1. The molecule has 0 bridgehead atoms. The van der Waals surface area contributed by atoms with E-state index in [9.17, 15) is 8.78 Å². The van der Waals surface area contributed by atoms with Gasteiger partial charge in [0.1, 0.15) is 10.7 Å². The van der Waals surface area contributed by atoms with Crippen LogP contribution >= 0.6 is 11.3 Å². The number of aliphatic hydroxyl groups excluding tert-OH is 1. The van der Waals surface area contributed by atoms with E-state index >= 15 is 0 Å². The van der Waals surface area contributed by atoms with Crippen molar-refractivity contribution in [3.8, 4) is 22.5 Å². The molecular weight excluding hydrogens is 332 g/mol. The van der Waals surface area contributed by atoms with Crippen molar-refractivity contribution in [3.63, 3.8) is 0 Å². The molecular formula is C17H11F2N3OS. The molecule has 0 aliphatic carbocycles. The van der Waals surface area contributed by atoms with Gasteiger partial charge in [-0.05, 0) is 30.3 Å². The molecule has 4 aromatic rings. The number of halogens is 2. The van der Waals surface area contributed by atoms with Crippen LogP contribution in [0.5, 0.6) is 0 Å². The van der Waals surface area contributed by atoms with Gasteiger partial charge in [-0.25, -0.2) is 18.7 Å². The molecule has 4 rings (SSSR count). The van der Waals surface area contributed by atoms with E-state index in [4.69, 9.17) is 5.11 Å². The molecule has 0 atom stereocenters. The zero-order chi connectivity index (χ0) is 16.7. The predicted octanol–water partition coefficient (Wildman–Crippen LogP) is 3.90. The second-order valence-corrected chi connectivity index (χ2v) is 6.17. The van der Waals surface area contributed by atoms with Gasteiger partial charge in [0.05, 0.1) is 18.0 Å². The number of rotatable bonds is 3. The maximum atomic E-state index is 13.4. The van der Waals surface area contributed by atoms with Crippen LogP contribution in [0.4, 0.5) is 8.78 Å². The highest BCUT2D eigenvalue weighted by Crippen LogP contribution is 2.25. The van der Waals surface area contributed by atoms with Crippen molar-refractivity contribution in [2.45, 2.75) is 6.61 Å². The molecule has 1 N–H and O–H groups in total. The number of aromatic nitrogens is 3. The molecule has 0 saturated heterocycles. The number of hydrogen-bond donors (Lipinski definition) is 1. The number of imidazole rings is 1. The normalized spacial score (nSPS) is 11.3. The molecule has 0 unspecified atom stereocenters. The molecule has 0 saturated carbocycles. The molecule has 3 heterocycles. The summed E-state index contributed by atoms with van der Waals surface area (Å²) >= 11 is 1.39. The van der Waals surface area contributed by atoms with Crippen LogP contribution in [0, 0.1) is 11.6 Å². The van der Waals surface area contributed by atoms with Crippen LogP contribution in [-0.4, -0.2) is 19.5 Å². The Kier molecular flexibility index (Phi) is 3.59. The molecule has 120 valence electrons. The average molecular weight is 343 g/mol. The largest absolute Gasteiger partial charge is 0.389 e. The molecule has 0 aliphatic rings. The van der Waals surface area contributed by atoms with Crippen LogP contribution in [0.15, 0.2) is 48.1 Å². The first-order valence-corrected chi connectivity index (χ1v) is 8.02. The van der Waals surface area contributed by atoms with Crippen LogP contribution in [0.3, 0.4) is 0 Å². The fourth-order valence-corrected chi connectivity index (χ4v) is 3.12. The van der Waals surface area contributed by atoms with Gasteiger partial charge in [0.15, 0.2) is 11.6 Å².